The molecule has 0 saturated heterocycles. The molecule has 2 heterocycles. The van der Waals surface area contributed by atoms with Crippen molar-refractivity contribution in [2.24, 2.45) is 0 Å². The number of nitrogen functional groups attached to an aromatic ring is 1. The Morgan fingerprint density at radius 3 is 2.76 bits per heavy atom. The van der Waals surface area contributed by atoms with Crippen LogP contribution in [0.25, 0.3) is 0 Å². The first-order valence-electron chi connectivity index (χ1n) is 4.45. The maximum Gasteiger partial charge on any atom is 0.311 e. The molecule has 0 aliphatic carbocycles. The Morgan fingerprint density at radius 1 is 1.47 bits per heavy atom. The molecule has 7 nitrogen and oxygen atoms in total. The molecule has 9 heteroatoms. The lowest BCUT2D eigenvalue weighted by Crippen LogP contribution is -1.98. The van der Waals surface area contributed by atoms with Crippen LogP contribution < -0.4 is 5.73 Å². The zero-order valence-electron chi connectivity index (χ0n) is 8.65. The van der Waals surface area contributed by atoms with E-state index in [1.54, 1.807) is 6.92 Å². The van der Waals surface area contributed by atoms with Crippen LogP contribution in [-0.2, 0) is 0 Å². The summed E-state index contributed by atoms with van der Waals surface area (Å²) in [6, 6.07) is 2.87. The molecule has 88 valence electrons. The van der Waals surface area contributed by atoms with Crippen LogP contribution in [0.3, 0.4) is 0 Å². The molecule has 0 unspecified atom stereocenters. The summed E-state index contributed by atoms with van der Waals surface area (Å²) in [5.41, 5.74) is 5.29. The van der Waals surface area contributed by atoms with Crippen LogP contribution in [0.1, 0.15) is 5.82 Å². The molecule has 2 rings (SSSR count). The number of nitro groups is 1. The Balaban J connectivity index is 2.23. The summed E-state index contributed by atoms with van der Waals surface area (Å²) in [4.78, 5) is 18.1. The van der Waals surface area contributed by atoms with Gasteiger partial charge in [0.15, 0.2) is 4.34 Å². The fourth-order valence-electron chi connectivity index (χ4n) is 1.07. The van der Waals surface area contributed by atoms with E-state index in [2.05, 4.69) is 14.3 Å². The Hall–Kier alpha value is -1.74. The van der Waals surface area contributed by atoms with Gasteiger partial charge in [0.25, 0.3) is 0 Å². The van der Waals surface area contributed by atoms with Crippen molar-refractivity contribution < 1.29 is 4.92 Å². The Kier molecular flexibility index (Phi) is 3.20. The number of aryl methyl sites for hydroxylation is 1. The summed E-state index contributed by atoms with van der Waals surface area (Å²) in [6.45, 7) is 1.79. The number of rotatable bonds is 3. The van der Waals surface area contributed by atoms with E-state index in [0.29, 0.717) is 10.9 Å². The minimum absolute atomic E-state index is 0.0961. The Bertz CT molecular complexity index is 571. The van der Waals surface area contributed by atoms with Crippen molar-refractivity contribution in [1.82, 2.24) is 14.3 Å². The van der Waals surface area contributed by atoms with Gasteiger partial charge in [-0.15, -0.1) is 0 Å². The highest BCUT2D eigenvalue weighted by molar-refractivity contribution is 8.00. The van der Waals surface area contributed by atoms with E-state index in [9.17, 15) is 10.1 Å². The number of nitrogens with zero attached hydrogens (tertiary/aromatic N) is 4. The maximum atomic E-state index is 10.6. The molecule has 2 N–H and O–H groups in total. The molecule has 0 saturated carbocycles. The van der Waals surface area contributed by atoms with Crippen molar-refractivity contribution >= 4 is 34.8 Å². The molecular formula is C8H7N5O2S2. The third-order valence-electron chi connectivity index (χ3n) is 1.77. The van der Waals surface area contributed by atoms with Gasteiger partial charge in [-0.2, -0.15) is 4.37 Å². The summed E-state index contributed by atoms with van der Waals surface area (Å²) in [7, 11) is 0. The van der Waals surface area contributed by atoms with Crippen LogP contribution in [-0.4, -0.2) is 19.3 Å². The average molecular weight is 269 g/mol. The Labute approximate surface area is 104 Å². The van der Waals surface area contributed by atoms with E-state index < -0.39 is 4.92 Å². The second-order valence-electron chi connectivity index (χ2n) is 3.02. The number of pyridine rings is 1. The number of hydrogen-bond acceptors (Lipinski definition) is 8. The van der Waals surface area contributed by atoms with Gasteiger partial charge in [-0.25, -0.2) is 9.97 Å². The number of anilines is 1. The second-order valence-corrected chi connectivity index (χ2v) is 5.04. The van der Waals surface area contributed by atoms with Gasteiger partial charge in [0.05, 0.1) is 4.92 Å². The molecular weight excluding hydrogens is 262 g/mol. The molecule has 0 amide bonds. The summed E-state index contributed by atoms with van der Waals surface area (Å²) in [5.74, 6) is 0.591. The van der Waals surface area contributed by atoms with Gasteiger partial charge < -0.3 is 5.73 Å². The molecule has 0 aliphatic rings. The fourth-order valence-corrected chi connectivity index (χ4v) is 2.65. The van der Waals surface area contributed by atoms with E-state index in [-0.39, 0.29) is 11.5 Å². The van der Waals surface area contributed by atoms with Crippen LogP contribution >= 0.6 is 23.3 Å². The first-order valence-corrected chi connectivity index (χ1v) is 6.04. The Morgan fingerprint density at radius 2 is 2.24 bits per heavy atom. The van der Waals surface area contributed by atoms with E-state index in [1.165, 1.54) is 35.4 Å². The highest BCUT2D eigenvalue weighted by Crippen LogP contribution is 2.30. The highest BCUT2D eigenvalue weighted by atomic mass is 32.2. The molecule has 0 radical (unpaired) electrons. The molecule has 0 aliphatic heterocycles. The first kappa shape index (κ1) is 11.7. The minimum Gasteiger partial charge on any atom is -0.378 e. The van der Waals surface area contributed by atoms with Crippen molar-refractivity contribution in [1.29, 1.82) is 0 Å². The number of hydrogen-bond donors (Lipinski definition) is 1. The van der Waals surface area contributed by atoms with Gasteiger partial charge in [-0.3, -0.25) is 10.1 Å². The predicted octanol–water partition coefficient (Wildman–Crippen LogP) is 1.88. The molecule has 2 aromatic rings. The largest absolute Gasteiger partial charge is 0.378 e. The van der Waals surface area contributed by atoms with Crippen molar-refractivity contribution in [2.75, 3.05) is 5.73 Å². The van der Waals surface area contributed by atoms with Gasteiger partial charge in [0.1, 0.15) is 10.9 Å². The van der Waals surface area contributed by atoms with E-state index in [0.717, 1.165) is 4.34 Å². The molecule has 0 aromatic carbocycles. The highest BCUT2D eigenvalue weighted by Gasteiger charge is 2.14. The zero-order valence-corrected chi connectivity index (χ0v) is 10.3. The van der Waals surface area contributed by atoms with Gasteiger partial charge >= 0.3 is 5.69 Å². The molecule has 2 aromatic heterocycles. The van der Waals surface area contributed by atoms with Gasteiger partial charge in [-0.05, 0) is 36.3 Å². The van der Waals surface area contributed by atoms with Crippen molar-refractivity contribution in [3.8, 4) is 0 Å². The lowest BCUT2D eigenvalue weighted by molar-refractivity contribution is -0.384. The molecule has 0 spiro atoms. The van der Waals surface area contributed by atoms with Crippen LogP contribution in [0.5, 0.6) is 0 Å². The first-order chi connectivity index (χ1) is 8.06. The van der Waals surface area contributed by atoms with E-state index in [1.807, 2.05) is 0 Å². The third-order valence-corrected chi connectivity index (χ3v) is 3.55. The predicted molar refractivity (Wildman–Crippen MR) is 64.1 cm³/mol. The molecule has 0 bridgehead atoms. The summed E-state index contributed by atoms with van der Waals surface area (Å²) in [6.07, 6.45) is 0. The normalized spacial score (nSPS) is 10.4. The van der Waals surface area contributed by atoms with Crippen LogP contribution in [0.4, 0.5) is 11.5 Å². The van der Waals surface area contributed by atoms with Gasteiger partial charge in [-0.1, -0.05) is 0 Å². The topological polar surface area (TPSA) is 108 Å². The van der Waals surface area contributed by atoms with E-state index in [4.69, 9.17) is 5.73 Å². The van der Waals surface area contributed by atoms with Crippen LogP contribution in [0, 0.1) is 17.0 Å². The lowest BCUT2D eigenvalue weighted by atomic mass is 10.4. The molecule has 17 heavy (non-hydrogen) atoms. The van der Waals surface area contributed by atoms with Gasteiger partial charge in [0.2, 0.25) is 5.82 Å². The summed E-state index contributed by atoms with van der Waals surface area (Å²) >= 11 is 2.52. The van der Waals surface area contributed by atoms with Crippen molar-refractivity contribution in [2.45, 2.75) is 16.3 Å². The number of aromatic nitrogens is 3. The number of nitrogens with two attached hydrogens (primary N) is 1. The lowest BCUT2D eigenvalue weighted by Gasteiger charge is -1.99. The standard InChI is InChI=1S/C8H7N5O2S2/c1-4-10-8(17-12-4)16-6-3-2-5(13(14)15)7(9)11-6/h2-3H,1H3,(H2,9,11). The van der Waals surface area contributed by atoms with E-state index >= 15 is 0 Å². The van der Waals surface area contributed by atoms with Crippen molar-refractivity contribution in [3.05, 3.63) is 28.1 Å². The minimum atomic E-state index is -0.564. The van der Waals surface area contributed by atoms with Crippen molar-refractivity contribution in [3.63, 3.8) is 0 Å². The average Bonchev–Trinajstić information content (AvgIpc) is 2.63. The summed E-state index contributed by atoms with van der Waals surface area (Å²) in [5, 5.41) is 11.1. The second kappa shape index (κ2) is 4.63. The maximum absolute atomic E-state index is 10.6. The smallest absolute Gasteiger partial charge is 0.311 e. The zero-order chi connectivity index (χ0) is 12.4. The monoisotopic (exact) mass is 269 g/mol. The SMILES string of the molecule is Cc1nsc(Sc2ccc([N+](=O)[O-])c(N)n2)n1. The molecule has 0 atom stereocenters. The third kappa shape index (κ3) is 2.68. The quantitative estimate of drug-likeness (QED) is 0.669. The van der Waals surface area contributed by atoms with Crippen LogP contribution in [0.15, 0.2) is 21.5 Å². The molecule has 0 fully saturated rings. The summed E-state index contributed by atoms with van der Waals surface area (Å²) < 4.78 is 4.75. The fraction of sp³-hybridized carbons (Fsp3) is 0.125. The van der Waals surface area contributed by atoms with Crippen LogP contribution in [0.2, 0.25) is 0 Å². The van der Waals surface area contributed by atoms with Gasteiger partial charge in [0, 0.05) is 6.07 Å².